The molecule has 168 valence electrons. The first-order valence-electron chi connectivity index (χ1n) is 10.0. The molecule has 1 saturated heterocycles. The van der Waals surface area contributed by atoms with Crippen molar-refractivity contribution in [3.63, 3.8) is 0 Å². The minimum Gasteiger partial charge on any atom is -0.507 e. The molecule has 9 heteroatoms. The minimum absolute atomic E-state index is 0.0736. The van der Waals surface area contributed by atoms with Gasteiger partial charge in [-0.25, -0.2) is 0 Å². The van der Waals surface area contributed by atoms with Gasteiger partial charge in [0.25, 0.3) is 11.7 Å². The Morgan fingerprint density at radius 1 is 1.09 bits per heavy atom. The van der Waals surface area contributed by atoms with E-state index in [2.05, 4.69) is 0 Å². The number of methoxy groups -OCH3 is 2. The number of Topliss-reactive ketones (excluding diaryl/α,β-unsaturated/α-hetero) is 1. The van der Waals surface area contributed by atoms with Crippen LogP contribution in [0.2, 0.25) is 0 Å². The van der Waals surface area contributed by atoms with Crippen LogP contribution >= 0.6 is 0 Å². The van der Waals surface area contributed by atoms with Gasteiger partial charge in [-0.2, -0.15) is 0 Å². The third-order valence-electron chi connectivity index (χ3n) is 5.41. The maximum absolute atomic E-state index is 13.0. The summed E-state index contributed by atoms with van der Waals surface area (Å²) in [5.41, 5.74) is 0.735. The number of nitrogens with zero attached hydrogens (tertiary/aromatic N) is 1. The quantitative estimate of drug-likeness (QED) is 0.399. The van der Waals surface area contributed by atoms with Gasteiger partial charge in [0.2, 0.25) is 0 Å². The lowest BCUT2D eigenvalue weighted by atomic mass is 9.95. The van der Waals surface area contributed by atoms with Gasteiger partial charge in [0, 0.05) is 19.2 Å². The van der Waals surface area contributed by atoms with Gasteiger partial charge in [-0.3, -0.25) is 9.59 Å². The van der Waals surface area contributed by atoms with Crippen LogP contribution in [-0.2, 0) is 14.3 Å². The second-order valence-corrected chi connectivity index (χ2v) is 7.28. The van der Waals surface area contributed by atoms with E-state index >= 15 is 0 Å². The Labute approximate surface area is 184 Å². The number of carbonyl (C=O) groups is 2. The van der Waals surface area contributed by atoms with E-state index in [1.165, 1.54) is 31.3 Å². The Morgan fingerprint density at radius 3 is 2.56 bits per heavy atom. The Morgan fingerprint density at radius 2 is 1.84 bits per heavy atom. The molecule has 0 bridgehead atoms. The number of hydrogen-bond acceptors (Lipinski definition) is 8. The summed E-state index contributed by atoms with van der Waals surface area (Å²) in [7, 11) is 2.89. The van der Waals surface area contributed by atoms with Gasteiger partial charge in [0.05, 0.1) is 25.3 Å². The smallest absolute Gasteiger partial charge is 0.295 e. The number of phenolic OH excluding ortho intramolecular Hbond substituents is 1. The van der Waals surface area contributed by atoms with E-state index in [0.717, 1.165) is 0 Å². The highest BCUT2D eigenvalue weighted by molar-refractivity contribution is 6.46. The summed E-state index contributed by atoms with van der Waals surface area (Å²) in [4.78, 5) is 27.2. The standard InChI is InChI=1S/C23H23NO8/c1-29-8-7-24-20(13-3-5-15(25)17(11-13)30-2)19(22(27)23(24)28)21(26)14-4-6-16-18(12-14)32-10-9-31-16/h3-6,11-12,20,25-26H,7-10H2,1-2H3. The SMILES string of the molecule is COCCN1C(=O)C(=O)C(=C(O)c2ccc3c(c2)OCCO3)C1c1ccc(O)c(OC)c1. The van der Waals surface area contributed by atoms with Gasteiger partial charge in [-0.1, -0.05) is 6.07 Å². The van der Waals surface area contributed by atoms with Crippen LogP contribution in [0.5, 0.6) is 23.0 Å². The van der Waals surface area contributed by atoms with Gasteiger partial charge in [-0.05, 0) is 35.9 Å². The van der Waals surface area contributed by atoms with Crippen molar-refractivity contribution in [2.75, 3.05) is 40.6 Å². The molecule has 1 amide bonds. The summed E-state index contributed by atoms with van der Waals surface area (Å²) < 4.78 is 21.4. The number of aromatic hydroxyl groups is 1. The number of fused-ring (bicyclic) bond motifs is 1. The Kier molecular flexibility index (Phi) is 5.91. The normalized spacial score (nSPS) is 19.3. The lowest BCUT2D eigenvalue weighted by Gasteiger charge is -2.25. The van der Waals surface area contributed by atoms with E-state index in [1.54, 1.807) is 24.3 Å². The van der Waals surface area contributed by atoms with Crippen molar-refractivity contribution in [2.45, 2.75) is 6.04 Å². The summed E-state index contributed by atoms with van der Waals surface area (Å²) in [6, 6.07) is 8.43. The summed E-state index contributed by atoms with van der Waals surface area (Å²) in [5, 5.41) is 21.1. The zero-order chi connectivity index (χ0) is 22.8. The fraction of sp³-hybridized carbons (Fsp3) is 0.304. The maximum Gasteiger partial charge on any atom is 0.295 e. The molecule has 0 saturated carbocycles. The molecule has 0 aliphatic carbocycles. The van der Waals surface area contributed by atoms with Crippen molar-refractivity contribution in [1.82, 2.24) is 4.90 Å². The number of amides is 1. The zero-order valence-corrected chi connectivity index (χ0v) is 17.7. The average molecular weight is 441 g/mol. The second-order valence-electron chi connectivity index (χ2n) is 7.28. The van der Waals surface area contributed by atoms with E-state index in [0.29, 0.717) is 35.8 Å². The fourth-order valence-corrected chi connectivity index (χ4v) is 3.86. The van der Waals surface area contributed by atoms with Crippen LogP contribution in [0.4, 0.5) is 0 Å². The van der Waals surface area contributed by atoms with Crippen LogP contribution in [0.1, 0.15) is 17.2 Å². The first kappa shape index (κ1) is 21.5. The van der Waals surface area contributed by atoms with E-state index in [1.807, 2.05) is 0 Å². The van der Waals surface area contributed by atoms with Gasteiger partial charge in [-0.15, -0.1) is 0 Å². The average Bonchev–Trinajstić information content (AvgIpc) is 3.07. The number of aliphatic hydroxyl groups excluding tert-OH is 1. The van der Waals surface area contributed by atoms with Crippen LogP contribution in [0.25, 0.3) is 5.76 Å². The lowest BCUT2D eigenvalue weighted by molar-refractivity contribution is -0.140. The third kappa shape index (κ3) is 3.71. The predicted octanol–water partition coefficient (Wildman–Crippen LogP) is 2.24. The van der Waals surface area contributed by atoms with Gasteiger partial charge < -0.3 is 34.1 Å². The van der Waals surface area contributed by atoms with Crippen molar-refractivity contribution >= 4 is 17.4 Å². The number of phenols is 1. The largest absolute Gasteiger partial charge is 0.507 e. The Hall–Kier alpha value is -3.72. The fourth-order valence-electron chi connectivity index (χ4n) is 3.86. The highest BCUT2D eigenvalue weighted by Gasteiger charge is 2.46. The molecule has 4 rings (SSSR count). The monoisotopic (exact) mass is 441 g/mol. The molecule has 2 heterocycles. The maximum atomic E-state index is 13.0. The zero-order valence-electron chi connectivity index (χ0n) is 17.7. The van der Waals surface area contributed by atoms with E-state index in [9.17, 15) is 19.8 Å². The highest BCUT2D eigenvalue weighted by atomic mass is 16.6. The van der Waals surface area contributed by atoms with Crippen molar-refractivity contribution in [3.05, 3.63) is 53.1 Å². The molecular weight excluding hydrogens is 418 g/mol. The molecule has 0 radical (unpaired) electrons. The van der Waals surface area contributed by atoms with Crippen molar-refractivity contribution in [1.29, 1.82) is 0 Å². The lowest BCUT2D eigenvalue weighted by Crippen LogP contribution is -2.32. The van der Waals surface area contributed by atoms with E-state index in [-0.39, 0.29) is 36.0 Å². The third-order valence-corrected chi connectivity index (χ3v) is 5.41. The molecule has 2 aliphatic rings. The number of ether oxygens (including phenoxy) is 4. The molecule has 2 aliphatic heterocycles. The number of benzene rings is 2. The van der Waals surface area contributed by atoms with Gasteiger partial charge >= 0.3 is 0 Å². The molecule has 1 fully saturated rings. The molecule has 1 unspecified atom stereocenters. The number of hydrogen-bond donors (Lipinski definition) is 2. The van der Waals surface area contributed by atoms with Crippen LogP contribution in [0.3, 0.4) is 0 Å². The van der Waals surface area contributed by atoms with E-state index < -0.39 is 17.7 Å². The first-order valence-corrected chi connectivity index (χ1v) is 10.0. The van der Waals surface area contributed by atoms with Crippen LogP contribution in [0.15, 0.2) is 42.0 Å². The first-order chi connectivity index (χ1) is 15.5. The second kappa shape index (κ2) is 8.80. The molecule has 2 aromatic carbocycles. The minimum atomic E-state index is -0.896. The van der Waals surface area contributed by atoms with Gasteiger partial charge in [0.15, 0.2) is 23.0 Å². The highest BCUT2D eigenvalue weighted by Crippen LogP contribution is 2.42. The molecule has 2 N–H and O–H groups in total. The molecule has 1 atom stereocenters. The predicted molar refractivity (Wildman–Crippen MR) is 113 cm³/mol. The van der Waals surface area contributed by atoms with Crippen molar-refractivity contribution < 1.29 is 38.7 Å². The summed E-state index contributed by atoms with van der Waals surface area (Å²) in [5.74, 6) is -0.831. The number of aliphatic hydroxyl groups is 1. The van der Waals surface area contributed by atoms with Crippen molar-refractivity contribution in [2.24, 2.45) is 0 Å². The Balaban J connectivity index is 1.85. The van der Waals surface area contributed by atoms with Gasteiger partial charge in [0.1, 0.15) is 19.0 Å². The van der Waals surface area contributed by atoms with Crippen LogP contribution in [-0.4, -0.2) is 67.4 Å². The molecule has 0 spiro atoms. The van der Waals surface area contributed by atoms with Crippen LogP contribution < -0.4 is 14.2 Å². The summed E-state index contributed by atoms with van der Waals surface area (Å²) in [6.07, 6.45) is 0. The Bertz CT molecular complexity index is 1090. The summed E-state index contributed by atoms with van der Waals surface area (Å²) >= 11 is 0. The number of rotatable bonds is 6. The number of carbonyl (C=O) groups excluding carboxylic acids is 2. The van der Waals surface area contributed by atoms with Crippen molar-refractivity contribution in [3.8, 4) is 23.0 Å². The number of ketones is 1. The molecular formula is C23H23NO8. The molecule has 0 aromatic heterocycles. The molecule has 2 aromatic rings. The number of likely N-dealkylation sites (tertiary alicyclic amines) is 1. The summed E-state index contributed by atoms with van der Waals surface area (Å²) in [6.45, 7) is 1.12. The topological polar surface area (TPSA) is 115 Å². The van der Waals surface area contributed by atoms with E-state index in [4.69, 9.17) is 18.9 Å². The molecule has 9 nitrogen and oxygen atoms in total. The van der Waals surface area contributed by atoms with Crippen LogP contribution in [0, 0.1) is 0 Å². The molecule has 32 heavy (non-hydrogen) atoms.